The molecule has 138 valence electrons. The molecular formula is C21H20BrN3OS. The van der Waals surface area contributed by atoms with E-state index in [1.807, 2.05) is 28.8 Å². The first-order valence-electron chi connectivity index (χ1n) is 9.09. The van der Waals surface area contributed by atoms with E-state index < -0.39 is 0 Å². The molecule has 0 bridgehead atoms. The van der Waals surface area contributed by atoms with Crippen LogP contribution in [0, 0.1) is 0 Å². The van der Waals surface area contributed by atoms with Gasteiger partial charge in [0.2, 0.25) is 0 Å². The highest BCUT2D eigenvalue weighted by molar-refractivity contribution is 9.10. The maximum absolute atomic E-state index is 12.8. The van der Waals surface area contributed by atoms with Crippen molar-refractivity contribution in [3.63, 3.8) is 0 Å². The maximum atomic E-state index is 12.8. The molecule has 0 N–H and O–H groups in total. The number of hydrogen-bond acceptors (Lipinski definition) is 4. The van der Waals surface area contributed by atoms with Gasteiger partial charge in [0, 0.05) is 33.9 Å². The third-order valence-corrected chi connectivity index (χ3v) is 6.45. The molecule has 4 nitrogen and oxygen atoms in total. The molecule has 0 spiro atoms. The van der Waals surface area contributed by atoms with Gasteiger partial charge in [-0.1, -0.05) is 28.1 Å². The molecule has 3 aromatic rings. The number of hydrogen-bond donors (Lipinski definition) is 0. The van der Waals surface area contributed by atoms with Crippen molar-refractivity contribution >= 4 is 27.7 Å². The predicted octanol–water partition coefficient (Wildman–Crippen LogP) is 4.62. The summed E-state index contributed by atoms with van der Waals surface area (Å²) in [6.45, 7) is 0.564. The lowest BCUT2D eigenvalue weighted by atomic mass is 9.97. The first-order valence-corrected chi connectivity index (χ1v) is 10.9. The summed E-state index contributed by atoms with van der Waals surface area (Å²) in [7, 11) is 0. The minimum atomic E-state index is -0.147. The number of halogens is 1. The average Bonchev–Trinajstić information content (AvgIpc) is 2.71. The molecule has 0 fully saturated rings. The zero-order valence-corrected chi connectivity index (χ0v) is 17.3. The van der Waals surface area contributed by atoms with E-state index in [0.717, 1.165) is 52.2 Å². The number of thioether (sulfide) groups is 1. The summed E-state index contributed by atoms with van der Waals surface area (Å²) in [4.78, 5) is 21.3. The second-order valence-electron chi connectivity index (χ2n) is 6.69. The average molecular weight is 442 g/mol. The zero-order valence-electron chi connectivity index (χ0n) is 14.9. The Morgan fingerprint density at radius 1 is 1.00 bits per heavy atom. The Morgan fingerprint density at radius 2 is 1.74 bits per heavy atom. The zero-order chi connectivity index (χ0) is 18.6. The first-order chi connectivity index (χ1) is 13.2. The van der Waals surface area contributed by atoms with Gasteiger partial charge < -0.3 is 0 Å². The van der Waals surface area contributed by atoms with Gasteiger partial charge in [-0.25, -0.2) is 4.79 Å². The van der Waals surface area contributed by atoms with Gasteiger partial charge in [-0.2, -0.15) is 4.98 Å². The molecule has 0 radical (unpaired) electrons. The highest BCUT2D eigenvalue weighted by Gasteiger charge is 2.20. The number of rotatable bonds is 5. The van der Waals surface area contributed by atoms with Crippen LogP contribution in [0.5, 0.6) is 0 Å². The lowest BCUT2D eigenvalue weighted by Crippen LogP contribution is -2.30. The van der Waals surface area contributed by atoms with Gasteiger partial charge in [0.15, 0.2) is 0 Å². The van der Waals surface area contributed by atoms with Crippen molar-refractivity contribution in [1.29, 1.82) is 0 Å². The Labute approximate surface area is 171 Å². The second kappa shape index (κ2) is 8.40. The monoisotopic (exact) mass is 441 g/mol. The van der Waals surface area contributed by atoms with Crippen molar-refractivity contribution in [2.75, 3.05) is 0 Å². The largest absolute Gasteiger partial charge is 0.349 e. The Balaban J connectivity index is 1.64. The first kappa shape index (κ1) is 18.4. The van der Waals surface area contributed by atoms with E-state index in [9.17, 15) is 4.79 Å². The third-order valence-electron chi connectivity index (χ3n) is 4.83. The number of pyridine rings is 1. The molecule has 2 heterocycles. The van der Waals surface area contributed by atoms with Crippen molar-refractivity contribution in [1.82, 2.24) is 14.5 Å². The lowest BCUT2D eigenvalue weighted by molar-refractivity contribution is 0.569. The van der Waals surface area contributed by atoms with Crippen molar-refractivity contribution in [3.8, 4) is 0 Å². The number of nitrogens with zero attached hydrogens (tertiary/aromatic N) is 3. The van der Waals surface area contributed by atoms with Gasteiger partial charge >= 0.3 is 5.69 Å². The minimum absolute atomic E-state index is 0.147. The van der Waals surface area contributed by atoms with Crippen molar-refractivity contribution in [2.45, 2.75) is 43.0 Å². The summed E-state index contributed by atoms with van der Waals surface area (Å²) in [5.41, 5.74) is 4.59. The van der Waals surface area contributed by atoms with E-state index in [4.69, 9.17) is 0 Å². The summed E-state index contributed by atoms with van der Waals surface area (Å²) in [6.07, 6.45) is 7.77. The number of benzene rings is 1. The van der Waals surface area contributed by atoms with Gasteiger partial charge in [0.25, 0.3) is 0 Å². The SMILES string of the molecule is O=c1nc(SCc2ccc(Br)cc2)c2c(n1Cc1ccncc1)CCCC2. The fourth-order valence-electron chi connectivity index (χ4n) is 3.43. The maximum Gasteiger partial charge on any atom is 0.349 e. The molecule has 0 saturated heterocycles. The Bertz CT molecular complexity index is 987. The summed E-state index contributed by atoms with van der Waals surface area (Å²) in [6, 6.07) is 12.2. The molecule has 0 atom stereocenters. The van der Waals surface area contributed by atoms with Crippen molar-refractivity contribution < 1.29 is 0 Å². The topological polar surface area (TPSA) is 47.8 Å². The third kappa shape index (κ3) is 4.33. The van der Waals surface area contributed by atoms with Crippen LogP contribution in [-0.4, -0.2) is 14.5 Å². The summed E-state index contributed by atoms with van der Waals surface area (Å²) in [5.74, 6) is 0.820. The van der Waals surface area contributed by atoms with E-state index in [-0.39, 0.29) is 5.69 Å². The van der Waals surface area contributed by atoms with Crippen LogP contribution in [0.4, 0.5) is 0 Å². The van der Waals surface area contributed by atoms with Gasteiger partial charge in [-0.3, -0.25) is 9.55 Å². The standard InChI is InChI=1S/C21H20BrN3OS/c22-17-7-5-16(6-8-17)14-27-20-18-3-1-2-4-19(18)25(21(26)24-20)13-15-9-11-23-12-10-15/h5-12H,1-4,13-14H2. The minimum Gasteiger partial charge on any atom is -0.292 e. The van der Waals surface area contributed by atoms with Crippen molar-refractivity contribution in [2.24, 2.45) is 0 Å². The van der Waals surface area contributed by atoms with E-state index in [0.29, 0.717) is 6.54 Å². The fraction of sp³-hybridized carbons (Fsp3) is 0.286. The molecule has 1 aromatic carbocycles. The van der Waals surface area contributed by atoms with Crippen LogP contribution in [0.1, 0.15) is 35.2 Å². The molecule has 2 aromatic heterocycles. The molecule has 6 heteroatoms. The molecule has 0 amide bonds. The van der Waals surface area contributed by atoms with Crippen LogP contribution in [0.3, 0.4) is 0 Å². The summed E-state index contributed by atoms with van der Waals surface area (Å²) < 4.78 is 2.93. The van der Waals surface area contributed by atoms with Crippen molar-refractivity contribution in [3.05, 3.63) is 86.1 Å². The van der Waals surface area contributed by atoms with Crippen LogP contribution in [0.2, 0.25) is 0 Å². The van der Waals surface area contributed by atoms with Crippen LogP contribution in [0.15, 0.2) is 63.1 Å². The van der Waals surface area contributed by atoms with Gasteiger partial charge in [0.1, 0.15) is 5.03 Å². The summed E-state index contributed by atoms with van der Waals surface area (Å²) >= 11 is 5.14. The Morgan fingerprint density at radius 3 is 2.52 bits per heavy atom. The van der Waals surface area contributed by atoms with Gasteiger partial charge in [-0.05, 0) is 61.1 Å². The smallest absolute Gasteiger partial charge is 0.292 e. The molecule has 0 saturated carbocycles. The quantitative estimate of drug-likeness (QED) is 0.428. The molecule has 0 unspecified atom stereocenters. The molecule has 1 aliphatic carbocycles. The fourth-order valence-corrected chi connectivity index (χ4v) is 4.73. The van der Waals surface area contributed by atoms with Gasteiger partial charge in [0.05, 0.1) is 6.54 Å². The molecular weight excluding hydrogens is 422 g/mol. The number of fused-ring (bicyclic) bond motifs is 1. The van der Waals surface area contributed by atoms with E-state index in [1.165, 1.54) is 11.1 Å². The lowest BCUT2D eigenvalue weighted by Gasteiger charge is -2.22. The summed E-state index contributed by atoms with van der Waals surface area (Å²) in [5, 5.41) is 0.906. The van der Waals surface area contributed by atoms with Gasteiger partial charge in [-0.15, -0.1) is 11.8 Å². The molecule has 27 heavy (non-hydrogen) atoms. The van der Waals surface area contributed by atoms with E-state index in [2.05, 4.69) is 38.0 Å². The van der Waals surface area contributed by atoms with Crippen LogP contribution >= 0.6 is 27.7 Å². The Kier molecular flexibility index (Phi) is 5.74. The van der Waals surface area contributed by atoms with Crippen LogP contribution in [-0.2, 0) is 25.1 Å². The second-order valence-corrected chi connectivity index (χ2v) is 8.57. The highest BCUT2D eigenvalue weighted by atomic mass is 79.9. The highest BCUT2D eigenvalue weighted by Crippen LogP contribution is 2.30. The predicted molar refractivity (Wildman–Crippen MR) is 112 cm³/mol. The normalized spacial score (nSPS) is 13.4. The van der Waals surface area contributed by atoms with E-state index >= 15 is 0 Å². The molecule has 0 aliphatic heterocycles. The molecule has 4 rings (SSSR count). The van der Waals surface area contributed by atoms with Crippen LogP contribution in [0.25, 0.3) is 0 Å². The Hall–Kier alpha value is -1.92. The van der Waals surface area contributed by atoms with E-state index in [1.54, 1.807) is 24.2 Å². The number of aromatic nitrogens is 3. The van der Waals surface area contributed by atoms with Crippen LogP contribution < -0.4 is 5.69 Å². The molecule has 1 aliphatic rings.